The molecule has 0 unspecified atom stereocenters. The summed E-state index contributed by atoms with van der Waals surface area (Å²) in [5.74, 6) is -0.417. The smallest absolute Gasteiger partial charge is 0.293 e. The molecule has 1 aliphatic rings. The summed E-state index contributed by atoms with van der Waals surface area (Å²) in [7, 11) is 0. The second kappa shape index (κ2) is 8.39. The predicted molar refractivity (Wildman–Crippen MR) is 128 cm³/mol. The lowest BCUT2D eigenvalue weighted by Crippen LogP contribution is -2.19. The van der Waals surface area contributed by atoms with Crippen molar-refractivity contribution in [2.45, 2.75) is 12.8 Å². The van der Waals surface area contributed by atoms with Crippen molar-refractivity contribution in [1.82, 2.24) is 4.98 Å². The Morgan fingerprint density at radius 2 is 1.84 bits per heavy atom. The second-order valence-electron chi connectivity index (χ2n) is 7.67. The molecule has 2 heterocycles. The first-order chi connectivity index (χ1) is 15.6. The molecule has 0 radical (unpaired) electrons. The maximum atomic E-state index is 12.8. The van der Waals surface area contributed by atoms with E-state index in [0.29, 0.717) is 10.8 Å². The van der Waals surface area contributed by atoms with E-state index < -0.39 is 10.8 Å². The molecule has 1 N–H and O–H groups in total. The van der Waals surface area contributed by atoms with Crippen LogP contribution in [-0.4, -0.2) is 28.9 Å². The topological polar surface area (TPSA) is 88.4 Å². The van der Waals surface area contributed by atoms with Gasteiger partial charge in [0.25, 0.3) is 11.6 Å². The van der Waals surface area contributed by atoms with E-state index in [1.165, 1.54) is 17.4 Å². The molecule has 1 amide bonds. The first kappa shape index (κ1) is 20.1. The number of hydrogen-bond donors (Lipinski definition) is 1. The van der Waals surface area contributed by atoms with Crippen molar-refractivity contribution >= 4 is 44.5 Å². The lowest BCUT2D eigenvalue weighted by molar-refractivity contribution is -0.384. The normalized spacial score (nSPS) is 13.4. The minimum atomic E-state index is -0.424. The van der Waals surface area contributed by atoms with Crippen LogP contribution in [-0.2, 0) is 0 Å². The molecule has 8 heteroatoms. The van der Waals surface area contributed by atoms with Crippen molar-refractivity contribution in [2.24, 2.45) is 0 Å². The van der Waals surface area contributed by atoms with Gasteiger partial charge >= 0.3 is 0 Å². The van der Waals surface area contributed by atoms with Crippen molar-refractivity contribution in [1.29, 1.82) is 0 Å². The Hall–Kier alpha value is -3.78. The summed E-state index contributed by atoms with van der Waals surface area (Å²) in [5.41, 5.74) is 2.52. The van der Waals surface area contributed by atoms with Crippen LogP contribution in [0.3, 0.4) is 0 Å². The third kappa shape index (κ3) is 3.80. The van der Waals surface area contributed by atoms with Gasteiger partial charge in [-0.3, -0.25) is 20.2 Å². The maximum Gasteiger partial charge on any atom is 0.293 e. The number of carbonyl (C=O) groups excluding carboxylic acids is 1. The third-order valence-corrected chi connectivity index (χ3v) is 6.43. The van der Waals surface area contributed by atoms with Crippen LogP contribution < -0.4 is 10.2 Å². The third-order valence-electron chi connectivity index (χ3n) is 5.67. The van der Waals surface area contributed by atoms with Crippen molar-refractivity contribution < 1.29 is 9.72 Å². The number of fused-ring (bicyclic) bond motifs is 1. The van der Waals surface area contributed by atoms with Gasteiger partial charge < -0.3 is 4.90 Å². The van der Waals surface area contributed by atoms with Crippen LogP contribution in [0.2, 0.25) is 0 Å². The fourth-order valence-corrected chi connectivity index (χ4v) is 4.81. The number of nitrogens with one attached hydrogen (secondary N) is 1. The molecule has 160 valence electrons. The fraction of sp³-hybridized carbons (Fsp3) is 0.167. The van der Waals surface area contributed by atoms with E-state index in [1.54, 1.807) is 12.1 Å². The minimum absolute atomic E-state index is 0.0462. The Morgan fingerprint density at radius 3 is 2.66 bits per heavy atom. The molecule has 1 aliphatic heterocycles. The number of aromatic nitrogens is 1. The molecular formula is C24H20N4O3S. The average molecular weight is 445 g/mol. The molecular weight excluding hydrogens is 424 g/mol. The summed E-state index contributed by atoms with van der Waals surface area (Å²) >= 11 is 1.32. The first-order valence-corrected chi connectivity index (χ1v) is 11.3. The fourth-order valence-electron chi connectivity index (χ4n) is 4.11. The number of benzene rings is 3. The van der Waals surface area contributed by atoms with Gasteiger partial charge in [-0.05, 0) is 35.7 Å². The van der Waals surface area contributed by atoms with Gasteiger partial charge in [0.15, 0.2) is 5.13 Å². The highest BCUT2D eigenvalue weighted by atomic mass is 32.1. The number of carbonyl (C=O) groups is 1. The van der Waals surface area contributed by atoms with Crippen LogP contribution in [0.5, 0.6) is 0 Å². The zero-order valence-electron chi connectivity index (χ0n) is 17.2. The molecule has 1 fully saturated rings. The predicted octanol–water partition coefficient (Wildman–Crippen LogP) is 5.72. The maximum absolute atomic E-state index is 12.8. The van der Waals surface area contributed by atoms with Crippen LogP contribution in [0.25, 0.3) is 22.0 Å². The molecule has 1 aromatic heterocycles. The van der Waals surface area contributed by atoms with Gasteiger partial charge in [0.2, 0.25) is 0 Å². The SMILES string of the molecule is O=C(Nc1nc(-c2cccc3ccccc23)cs1)c1ccc(N2CCCC2)c([N+](=O)[O-])c1. The lowest BCUT2D eigenvalue weighted by atomic mass is 10.0. The zero-order valence-corrected chi connectivity index (χ0v) is 18.0. The Kier molecular flexibility index (Phi) is 5.28. The van der Waals surface area contributed by atoms with Gasteiger partial charge in [0.05, 0.1) is 10.6 Å². The highest BCUT2D eigenvalue weighted by molar-refractivity contribution is 7.14. The molecule has 32 heavy (non-hydrogen) atoms. The molecule has 0 aliphatic carbocycles. The Labute approximate surface area is 188 Å². The summed E-state index contributed by atoms with van der Waals surface area (Å²) in [5, 5.41) is 19.0. The van der Waals surface area contributed by atoms with Gasteiger partial charge in [-0.2, -0.15) is 0 Å². The zero-order chi connectivity index (χ0) is 22.1. The Balaban J connectivity index is 1.39. The van der Waals surface area contributed by atoms with E-state index in [-0.39, 0.29) is 11.3 Å². The Morgan fingerprint density at radius 1 is 1.06 bits per heavy atom. The standard InChI is InChI=1S/C24H20N4O3S/c29-23(17-10-11-21(22(14-17)28(30)31)27-12-3-4-13-27)26-24-25-20(15-32-24)19-9-5-7-16-6-1-2-8-18(16)19/h1-2,5-11,14-15H,3-4,12-13H2,(H,25,26,29). The van der Waals surface area contributed by atoms with E-state index in [9.17, 15) is 14.9 Å². The summed E-state index contributed by atoms with van der Waals surface area (Å²) in [4.78, 5) is 30.6. The van der Waals surface area contributed by atoms with Gasteiger partial charge in [0.1, 0.15) is 5.69 Å². The van der Waals surface area contributed by atoms with Gasteiger partial charge in [-0.25, -0.2) is 4.98 Å². The Bertz CT molecular complexity index is 1320. The number of nitro benzene ring substituents is 1. The minimum Gasteiger partial charge on any atom is -0.366 e. The van der Waals surface area contributed by atoms with Crippen molar-refractivity contribution in [3.8, 4) is 11.3 Å². The largest absolute Gasteiger partial charge is 0.366 e. The number of amides is 1. The molecule has 4 aromatic rings. The summed E-state index contributed by atoms with van der Waals surface area (Å²) in [6.45, 7) is 1.59. The van der Waals surface area contributed by atoms with E-state index in [2.05, 4.69) is 10.3 Å². The molecule has 0 spiro atoms. The number of thiazole rings is 1. The molecule has 0 atom stereocenters. The number of hydrogen-bond acceptors (Lipinski definition) is 6. The highest BCUT2D eigenvalue weighted by Gasteiger charge is 2.24. The van der Waals surface area contributed by atoms with E-state index in [0.717, 1.165) is 48.0 Å². The van der Waals surface area contributed by atoms with Crippen LogP contribution in [0.1, 0.15) is 23.2 Å². The van der Waals surface area contributed by atoms with Gasteiger partial charge in [-0.15, -0.1) is 11.3 Å². The number of nitro groups is 1. The molecule has 7 nitrogen and oxygen atoms in total. The monoisotopic (exact) mass is 444 g/mol. The average Bonchev–Trinajstić information content (AvgIpc) is 3.51. The molecule has 1 saturated heterocycles. The van der Waals surface area contributed by atoms with Gasteiger partial charge in [0, 0.05) is 35.7 Å². The van der Waals surface area contributed by atoms with Crippen LogP contribution in [0.4, 0.5) is 16.5 Å². The molecule has 0 bridgehead atoms. The quantitative estimate of drug-likeness (QED) is 0.314. The van der Waals surface area contributed by atoms with Crippen molar-refractivity contribution in [3.63, 3.8) is 0 Å². The van der Waals surface area contributed by atoms with E-state index in [4.69, 9.17) is 0 Å². The summed E-state index contributed by atoms with van der Waals surface area (Å²) in [6.07, 6.45) is 2.03. The van der Waals surface area contributed by atoms with Crippen LogP contribution >= 0.6 is 11.3 Å². The summed E-state index contributed by atoms with van der Waals surface area (Å²) < 4.78 is 0. The highest BCUT2D eigenvalue weighted by Crippen LogP contribution is 2.33. The first-order valence-electron chi connectivity index (χ1n) is 10.4. The van der Waals surface area contributed by atoms with Crippen LogP contribution in [0.15, 0.2) is 66.0 Å². The molecule has 0 saturated carbocycles. The van der Waals surface area contributed by atoms with Crippen LogP contribution in [0, 0.1) is 10.1 Å². The lowest BCUT2D eigenvalue weighted by Gasteiger charge is -2.17. The summed E-state index contributed by atoms with van der Waals surface area (Å²) in [6, 6.07) is 18.8. The number of nitrogens with zero attached hydrogens (tertiary/aromatic N) is 3. The van der Waals surface area contributed by atoms with E-state index in [1.807, 2.05) is 52.7 Å². The molecule has 3 aromatic carbocycles. The second-order valence-corrected chi connectivity index (χ2v) is 8.53. The molecule has 5 rings (SSSR count). The number of rotatable bonds is 5. The number of anilines is 2. The van der Waals surface area contributed by atoms with Crippen molar-refractivity contribution in [2.75, 3.05) is 23.3 Å². The van der Waals surface area contributed by atoms with E-state index >= 15 is 0 Å². The van der Waals surface area contributed by atoms with Gasteiger partial charge in [-0.1, -0.05) is 42.5 Å². The van der Waals surface area contributed by atoms with Crippen molar-refractivity contribution in [3.05, 3.63) is 81.7 Å².